The molecule has 0 aliphatic carbocycles. The van der Waals surface area contributed by atoms with Crippen LogP contribution in [0.1, 0.15) is 36.0 Å². The van der Waals surface area contributed by atoms with Crippen molar-refractivity contribution in [1.29, 1.82) is 0 Å². The third kappa shape index (κ3) is 12.0. The van der Waals surface area contributed by atoms with Gasteiger partial charge in [0.05, 0.1) is 4.90 Å². The van der Waals surface area contributed by atoms with E-state index < -0.39 is 33.9 Å². The molecule has 9 heteroatoms. The molecule has 0 spiro atoms. The van der Waals surface area contributed by atoms with Gasteiger partial charge in [-0.3, -0.25) is 4.79 Å². The minimum Gasteiger partial charge on any atom is -0.445 e. The topological polar surface area (TPSA) is 114 Å². The number of ether oxygens (including phenoxy) is 1. The number of hydrogen-bond acceptors (Lipinski definition) is 6. The van der Waals surface area contributed by atoms with Gasteiger partial charge in [-0.05, 0) is 54.6 Å². The van der Waals surface area contributed by atoms with Crippen LogP contribution in [0, 0.1) is 0 Å². The molecular weight excluding hydrogens is 598 g/mol. The van der Waals surface area contributed by atoms with Crippen LogP contribution in [-0.2, 0) is 38.9 Å². The molecule has 2 atom stereocenters. The number of unbranched alkanes of at least 4 members (excludes halogenated alkanes) is 1. The van der Waals surface area contributed by atoms with Gasteiger partial charge in [0.1, 0.15) is 12.6 Å². The third-order valence-corrected chi connectivity index (χ3v) is 8.73. The fraction of sp³-hybridized carbons (Fsp3) is 0.243. The first-order chi connectivity index (χ1) is 22.4. The second kappa shape index (κ2) is 18.3. The van der Waals surface area contributed by atoms with E-state index in [1.807, 2.05) is 78.9 Å². The van der Waals surface area contributed by atoms with Crippen molar-refractivity contribution in [3.05, 3.63) is 150 Å². The molecule has 0 aliphatic heterocycles. The first-order valence-corrected chi connectivity index (χ1v) is 17.0. The van der Waals surface area contributed by atoms with Gasteiger partial charge < -0.3 is 20.7 Å². The molecule has 0 saturated carbocycles. The van der Waals surface area contributed by atoms with Gasteiger partial charge in [-0.1, -0.05) is 115 Å². The van der Waals surface area contributed by atoms with E-state index >= 15 is 0 Å². The van der Waals surface area contributed by atoms with Crippen molar-refractivity contribution in [3.63, 3.8) is 0 Å². The fourth-order valence-corrected chi connectivity index (χ4v) is 5.89. The molecule has 0 heterocycles. The smallest absolute Gasteiger partial charge is 0.408 e. The molecule has 4 aromatic carbocycles. The number of hydrogen-bond donors (Lipinski definition) is 3. The zero-order valence-corrected chi connectivity index (χ0v) is 26.6. The summed E-state index contributed by atoms with van der Waals surface area (Å²) in [5, 5.41) is 10.3. The van der Waals surface area contributed by atoms with Crippen LogP contribution in [0.3, 0.4) is 0 Å². The van der Waals surface area contributed by atoms with Crippen LogP contribution in [0.2, 0.25) is 0 Å². The van der Waals surface area contributed by atoms with Gasteiger partial charge in [0.25, 0.3) is 0 Å². The number of carbonyl (C=O) groups excluding carboxylic acids is 2. The highest BCUT2D eigenvalue weighted by Crippen LogP contribution is 2.14. The summed E-state index contributed by atoms with van der Waals surface area (Å²) < 4.78 is 31.4. The van der Waals surface area contributed by atoms with E-state index in [-0.39, 0.29) is 17.9 Å². The summed E-state index contributed by atoms with van der Waals surface area (Å²) in [4.78, 5) is 26.6. The van der Waals surface area contributed by atoms with Crippen molar-refractivity contribution in [2.75, 3.05) is 6.54 Å². The highest BCUT2D eigenvalue weighted by Gasteiger charge is 2.24. The van der Waals surface area contributed by atoms with E-state index in [1.54, 1.807) is 18.2 Å². The summed E-state index contributed by atoms with van der Waals surface area (Å²) in [7, 11) is -3.72. The monoisotopic (exact) mass is 639 g/mol. The van der Waals surface area contributed by atoms with Gasteiger partial charge in [0.15, 0.2) is 9.84 Å². The van der Waals surface area contributed by atoms with Crippen LogP contribution in [0.5, 0.6) is 0 Å². The van der Waals surface area contributed by atoms with Crippen LogP contribution in [0.25, 0.3) is 0 Å². The molecule has 2 amide bonds. The average molecular weight is 640 g/mol. The van der Waals surface area contributed by atoms with Crippen molar-refractivity contribution >= 4 is 21.8 Å². The van der Waals surface area contributed by atoms with Crippen molar-refractivity contribution in [3.8, 4) is 0 Å². The number of amides is 2. The standard InChI is InChI=1S/C37H41N3O5S/c41-36(35(27-30-15-5-1-6-16-30)40-37(42)45-29-32-19-9-3-10-20-32)39-33(24-26-46(43,44)34-22-11-4-12-23-34)21-13-14-25-38-28-31-17-7-2-8-18-31/h1-12,15-20,22-24,26,33,35,38H,13-14,21,25,27-29H2,(H,39,41)(H,40,42)/b26-24+/t33-,35+/m0/s1. The molecule has 240 valence electrons. The molecule has 0 radical (unpaired) electrons. The lowest BCUT2D eigenvalue weighted by atomic mass is 10.0. The normalized spacial score (nSPS) is 12.7. The second-order valence-corrected chi connectivity index (χ2v) is 12.7. The first kappa shape index (κ1) is 34.1. The molecule has 4 aromatic rings. The Morgan fingerprint density at radius 2 is 1.26 bits per heavy atom. The van der Waals surface area contributed by atoms with Gasteiger partial charge in [-0.2, -0.15) is 0 Å². The predicted molar refractivity (Wildman–Crippen MR) is 180 cm³/mol. The number of benzene rings is 4. The maximum Gasteiger partial charge on any atom is 0.408 e. The van der Waals surface area contributed by atoms with Crippen LogP contribution < -0.4 is 16.0 Å². The van der Waals surface area contributed by atoms with E-state index in [9.17, 15) is 18.0 Å². The molecule has 0 aromatic heterocycles. The molecule has 4 rings (SSSR count). The van der Waals surface area contributed by atoms with Gasteiger partial charge in [-0.25, -0.2) is 13.2 Å². The molecule has 8 nitrogen and oxygen atoms in total. The maximum atomic E-state index is 13.7. The zero-order chi connectivity index (χ0) is 32.5. The Kier molecular flexibility index (Phi) is 13.6. The largest absolute Gasteiger partial charge is 0.445 e. The highest BCUT2D eigenvalue weighted by atomic mass is 32.2. The molecule has 0 aliphatic rings. The number of rotatable bonds is 17. The Hall–Kier alpha value is -4.73. The zero-order valence-electron chi connectivity index (χ0n) is 25.8. The minimum absolute atomic E-state index is 0.0629. The minimum atomic E-state index is -3.72. The molecule has 3 N–H and O–H groups in total. The van der Waals surface area contributed by atoms with Gasteiger partial charge in [0, 0.05) is 24.4 Å². The van der Waals surface area contributed by atoms with Crippen molar-refractivity contribution < 1.29 is 22.7 Å². The molecule has 0 bridgehead atoms. The van der Waals surface area contributed by atoms with E-state index in [0.717, 1.165) is 42.5 Å². The Morgan fingerprint density at radius 1 is 0.696 bits per heavy atom. The van der Waals surface area contributed by atoms with E-state index in [0.29, 0.717) is 6.42 Å². The third-order valence-electron chi connectivity index (χ3n) is 7.28. The summed E-state index contributed by atoms with van der Waals surface area (Å²) >= 11 is 0. The second-order valence-electron chi connectivity index (χ2n) is 10.9. The van der Waals surface area contributed by atoms with Crippen LogP contribution in [-0.4, -0.2) is 39.0 Å². The lowest BCUT2D eigenvalue weighted by molar-refractivity contribution is -0.123. The van der Waals surface area contributed by atoms with Gasteiger partial charge in [0.2, 0.25) is 5.91 Å². The summed E-state index contributed by atoms with van der Waals surface area (Å²) in [6.45, 7) is 1.59. The fourth-order valence-electron chi connectivity index (χ4n) is 4.80. The molecule has 46 heavy (non-hydrogen) atoms. The molecule has 0 fully saturated rings. The van der Waals surface area contributed by atoms with Crippen molar-refractivity contribution in [2.45, 2.75) is 55.8 Å². The predicted octanol–water partition coefficient (Wildman–Crippen LogP) is 5.96. The van der Waals surface area contributed by atoms with E-state index in [4.69, 9.17) is 4.74 Å². The van der Waals surface area contributed by atoms with E-state index in [1.165, 1.54) is 23.8 Å². The van der Waals surface area contributed by atoms with Gasteiger partial charge in [-0.15, -0.1) is 0 Å². The van der Waals surface area contributed by atoms with Crippen molar-refractivity contribution in [1.82, 2.24) is 16.0 Å². The summed E-state index contributed by atoms with van der Waals surface area (Å²) in [5.41, 5.74) is 2.87. The van der Waals surface area contributed by atoms with Crippen molar-refractivity contribution in [2.24, 2.45) is 0 Å². The van der Waals surface area contributed by atoms with Crippen LogP contribution >= 0.6 is 0 Å². The Morgan fingerprint density at radius 3 is 1.89 bits per heavy atom. The van der Waals surface area contributed by atoms with Crippen LogP contribution in [0.15, 0.2) is 138 Å². The number of nitrogens with one attached hydrogen (secondary N) is 3. The Bertz CT molecular complexity index is 1620. The number of carbonyl (C=O) groups is 2. The highest BCUT2D eigenvalue weighted by molar-refractivity contribution is 7.94. The Labute approximate surface area is 271 Å². The SMILES string of the molecule is O=C(N[C@H](Cc1ccccc1)C(=O)N[C@H](/C=C/S(=O)(=O)c1ccccc1)CCCCNCc1ccccc1)OCc1ccccc1. The number of alkyl carbamates (subject to hydrolysis) is 1. The lowest BCUT2D eigenvalue weighted by Crippen LogP contribution is -2.50. The lowest BCUT2D eigenvalue weighted by Gasteiger charge is -2.22. The van der Waals surface area contributed by atoms with Crippen LogP contribution in [0.4, 0.5) is 4.79 Å². The average Bonchev–Trinajstić information content (AvgIpc) is 3.09. The summed E-state index contributed by atoms with van der Waals surface area (Å²) in [6.07, 6.45) is 3.10. The van der Waals surface area contributed by atoms with Gasteiger partial charge >= 0.3 is 6.09 Å². The summed E-state index contributed by atoms with van der Waals surface area (Å²) in [5.74, 6) is -0.436. The molecular formula is C37H41N3O5S. The Balaban J connectivity index is 1.42. The first-order valence-electron chi connectivity index (χ1n) is 15.4. The van der Waals surface area contributed by atoms with E-state index in [2.05, 4.69) is 28.1 Å². The molecule has 0 unspecified atom stereocenters. The number of sulfone groups is 1. The summed E-state index contributed by atoms with van der Waals surface area (Å²) in [6, 6.07) is 35.4. The molecule has 0 saturated heterocycles. The maximum absolute atomic E-state index is 13.7. The quantitative estimate of drug-likeness (QED) is 0.123.